The largest absolute Gasteiger partial charge is 0.337 e. The molecule has 4 rings (SSSR count). The fourth-order valence-electron chi connectivity index (χ4n) is 3.20. The van der Waals surface area contributed by atoms with Gasteiger partial charge in [-0.2, -0.15) is 4.98 Å². The molecule has 0 bridgehead atoms. The molecule has 0 spiro atoms. The lowest BCUT2D eigenvalue weighted by Crippen LogP contribution is -2.29. The van der Waals surface area contributed by atoms with Crippen LogP contribution in [0.2, 0.25) is 0 Å². The second-order valence-electron chi connectivity index (χ2n) is 6.94. The van der Waals surface area contributed by atoms with Crippen LogP contribution in [-0.2, 0) is 6.54 Å². The fourth-order valence-corrected chi connectivity index (χ4v) is 3.20. The summed E-state index contributed by atoms with van der Waals surface area (Å²) < 4.78 is 5.19. The second-order valence-corrected chi connectivity index (χ2v) is 6.94. The van der Waals surface area contributed by atoms with Crippen molar-refractivity contribution in [1.29, 1.82) is 0 Å². The molecule has 0 fully saturated rings. The SMILES string of the molecule is CC(C)c1ccc(-c2noc(CN3C(=O)c4cccc([N+](=O)[O-])c4C3=O)n2)cc1. The van der Waals surface area contributed by atoms with E-state index in [2.05, 4.69) is 24.0 Å². The lowest BCUT2D eigenvalue weighted by molar-refractivity contribution is -0.385. The van der Waals surface area contributed by atoms with E-state index in [9.17, 15) is 19.7 Å². The minimum atomic E-state index is -0.752. The van der Waals surface area contributed by atoms with Gasteiger partial charge in [0, 0.05) is 11.6 Å². The van der Waals surface area contributed by atoms with Crippen LogP contribution in [0.25, 0.3) is 11.4 Å². The predicted octanol–water partition coefficient (Wildman–Crippen LogP) is 3.56. The zero-order valence-corrected chi connectivity index (χ0v) is 15.7. The summed E-state index contributed by atoms with van der Waals surface area (Å²) in [5.41, 5.74) is 1.28. The lowest BCUT2D eigenvalue weighted by atomic mass is 10.0. The molecule has 1 aliphatic heterocycles. The van der Waals surface area contributed by atoms with Crippen LogP contribution in [0.3, 0.4) is 0 Å². The number of carbonyl (C=O) groups excluding carboxylic acids is 2. The molecule has 1 aromatic heterocycles. The molecule has 29 heavy (non-hydrogen) atoms. The molecular formula is C20H16N4O5. The van der Waals surface area contributed by atoms with Crippen LogP contribution in [0.5, 0.6) is 0 Å². The molecule has 146 valence electrons. The summed E-state index contributed by atoms with van der Waals surface area (Å²) in [4.78, 5) is 40.8. The summed E-state index contributed by atoms with van der Waals surface area (Å²) in [7, 11) is 0. The lowest BCUT2D eigenvalue weighted by Gasteiger charge is -2.09. The minimum Gasteiger partial charge on any atom is -0.337 e. The van der Waals surface area contributed by atoms with E-state index in [1.807, 2.05) is 24.3 Å². The average Bonchev–Trinajstić information content (AvgIpc) is 3.27. The van der Waals surface area contributed by atoms with E-state index < -0.39 is 22.4 Å². The van der Waals surface area contributed by atoms with Crippen molar-refractivity contribution in [1.82, 2.24) is 15.0 Å². The smallest absolute Gasteiger partial charge is 0.282 e. The highest BCUT2D eigenvalue weighted by atomic mass is 16.6. The number of carbonyl (C=O) groups is 2. The molecular weight excluding hydrogens is 376 g/mol. The van der Waals surface area contributed by atoms with Gasteiger partial charge in [0.1, 0.15) is 12.1 Å². The number of hydrogen-bond donors (Lipinski definition) is 0. The number of imide groups is 1. The quantitative estimate of drug-likeness (QED) is 0.370. The summed E-state index contributed by atoms with van der Waals surface area (Å²) in [6, 6.07) is 11.6. The van der Waals surface area contributed by atoms with Crippen molar-refractivity contribution in [2.75, 3.05) is 0 Å². The van der Waals surface area contributed by atoms with Gasteiger partial charge in [-0.05, 0) is 17.5 Å². The molecule has 0 saturated heterocycles. The Labute approximate surface area is 165 Å². The Kier molecular flexibility index (Phi) is 4.42. The van der Waals surface area contributed by atoms with Gasteiger partial charge in [-0.1, -0.05) is 49.3 Å². The van der Waals surface area contributed by atoms with Gasteiger partial charge in [-0.25, -0.2) is 0 Å². The van der Waals surface area contributed by atoms with Crippen LogP contribution >= 0.6 is 0 Å². The van der Waals surface area contributed by atoms with Gasteiger partial charge in [0.15, 0.2) is 0 Å². The molecule has 9 heteroatoms. The van der Waals surface area contributed by atoms with Gasteiger partial charge < -0.3 is 4.52 Å². The number of hydrogen-bond acceptors (Lipinski definition) is 7. The maximum atomic E-state index is 12.6. The minimum absolute atomic E-state index is 0.00628. The van der Waals surface area contributed by atoms with E-state index in [-0.39, 0.29) is 23.6 Å². The molecule has 0 aliphatic carbocycles. The number of benzene rings is 2. The summed E-state index contributed by atoms with van der Waals surface area (Å²) in [6.45, 7) is 3.92. The molecule has 2 amide bonds. The Morgan fingerprint density at radius 3 is 2.48 bits per heavy atom. The molecule has 0 radical (unpaired) electrons. The van der Waals surface area contributed by atoms with Crippen LogP contribution in [0.1, 0.15) is 51.9 Å². The topological polar surface area (TPSA) is 119 Å². The first-order chi connectivity index (χ1) is 13.9. The Morgan fingerprint density at radius 1 is 1.10 bits per heavy atom. The summed E-state index contributed by atoms with van der Waals surface area (Å²) in [5, 5.41) is 15.1. The highest BCUT2D eigenvalue weighted by Gasteiger charge is 2.41. The summed E-state index contributed by atoms with van der Waals surface area (Å²) in [5.74, 6) is -0.598. The van der Waals surface area contributed by atoms with Crippen LogP contribution in [-0.4, -0.2) is 31.8 Å². The third-order valence-corrected chi connectivity index (χ3v) is 4.77. The number of nitro groups is 1. The number of rotatable bonds is 5. The van der Waals surface area contributed by atoms with Gasteiger partial charge in [0.05, 0.1) is 10.5 Å². The molecule has 3 aromatic rings. The van der Waals surface area contributed by atoms with Crippen molar-refractivity contribution >= 4 is 17.5 Å². The Hall–Kier alpha value is -3.88. The highest BCUT2D eigenvalue weighted by Crippen LogP contribution is 2.31. The van der Waals surface area contributed by atoms with Gasteiger partial charge in [-0.3, -0.25) is 24.6 Å². The van der Waals surface area contributed by atoms with E-state index in [4.69, 9.17) is 4.52 Å². The predicted molar refractivity (Wildman–Crippen MR) is 101 cm³/mol. The van der Waals surface area contributed by atoms with Crippen molar-refractivity contribution in [3.8, 4) is 11.4 Å². The standard InChI is InChI=1S/C20H16N4O5/c1-11(2)12-6-8-13(9-7-12)18-21-16(29-22-18)10-23-19(25)14-4-3-5-15(24(27)28)17(14)20(23)26/h3-9,11H,10H2,1-2H3. The van der Waals surface area contributed by atoms with Gasteiger partial charge in [0.25, 0.3) is 17.5 Å². The van der Waals surface area contributed by atoms with Crippen LogP contribution in [0.15, 0.2) is 47.0 Å². The second kappa shape index (κ2) is 6.93. The third kappa shape index (κ3) is 3.16. The summed E-state index contributed by atoms with van der Waals surface area (Å²) in [6.07, 6.45) is 0. The van der Waals surface area contributed by atoms with Crippen molar-refractivity contribution in [2.45, 2.75) is 26.3 Å². The molecule has 0 atom stereocenters. The molecule has 1 aliphatic rings. The number of nitro benzene ring substituents is 1. The number of aromatic nitrogens is 2. The number of nitrogens with zero attached hydrogens (tertiary/aromatic N) is 4. The van der Waals surface area contributed by atoms with Crippen LogP contribution in [0, 0.1) is 10.1 Å². The highest BCUT2D eigenvalue weighted by molar-refractivity contribution is 6.23. The first-order valence-corrected chi connectivity index (χ1v) is 8.93. The zero-order valence-electron chi connectivity index (χ0n) is 15.7. The van der Waals surface area contributed by atoms with Gasteiger partial charge in [-0.15, -0.1) is 0 Å². The van der Waals surface area contributed by atoms with Gasteiger partial charge >= 0.3 is 0 Å². The molecule has 2 heterocycles. The van der Waals surface area contributed by atoms with E-state index in [1.165, 1.54) is 23.8 Å². The molecule has 9 nitrogen and oxygen atoms in total. The van der Waals surface area contributed by atoms with Crippen molar-refractivity contribution in [2.24, 2.45) is 0 Å². The maximum absolute atomic E-state index is 12.6. The molecule has 0 unspecified atom stereocenters. The number of amides is 2. The normalized spacial score (nSPS) is 13.3. The molecule has 2 aromatic carbocycles. The Morgan fingerprint density at radius 2 is 1.83 bits per heavy atom. The van der Waals surface area contributed by atoms with E-state index in [1.54, 1.807) is 0 Å². The van der Waals surface area contributed by atoms with Crippen LogP contribution < -0.4 is 0 Å². The van der Waals surface area contributed by atoms with Crippen molar-refractivity contribution in [3.05, 3.63) is 75.2 Å². The van der Waals surface area contributed by atoms with E-state index >= 15 is 0 Å². The number of fused-ring (bicyclic) bond motifs is 1. The Bertz CT molecular complexity index is 1130. The van der Waals surface area contributed by atoms with E-state index in [0.717, 1.165) is 10.5 Å². The first kappa shape index (κ1) is 18.5. The fraction of sp³-hybridized carbons (Fsp3) is 0.200. The maximum Gasteiger partial charge on any atom is 0.282 e. The zero-order chi connectivity index (χ0) is 20.7. The molecule has 0 N–H and O–H groups in total. The monoisotopic (exact) mass is 392 g/mol. The van der Waals surface area contributed by atoms with Crippen molar-refractivity contribution < 1.29 is 19.0 Å². The third-order valence-electron chi connectivity index (χ3n) is 4.77. The average molecular weight is 392 g/mol. The Balaban J connectivity index is 1.58. The molecule has 0 saturated carbocycles. The summed E-state index contributed by atoms with van der Waals surface area (Å²) >= 11 is 0. The van der Waals surface area contributed by atoms with Gasteiger partial charge in [0.2, 0.25) is 11.7 Å². The van der Waals surface area contributed by atoms with Crippen LogP contribution in [0.4, 0.5) is 5.69 Å². The van der Waals surface area contributed by atoms with E-state index in [0.29, 0.717) is 11.7 Å². The first-order valence-electron chi connectivity index (χ1n) is 8.93. The van der Waals surface area contributed by atoms with Crippen molar-refractivity contribution in [3.63, 3.8) is 0 Å².